The van der Waals surface area contributed by atoms with Crippen molar-refractivity contribution >= 4 is 33.4 Å². The molecule has 13 heteroatoms. The van der Waals surface area contributed by atoms with Gasteiger partial charge in [0.2, 0.25) is 5.91 Å². The third kappa shape index (κ3) is 6.26. The Balaban J connectivity index is 0.000000411. The minimum atomic E-state index is -5.08. The molecule has 1 N–H and O–H groups in total. The maximum Gasteiger partial charge on any atom is 0.490 e. The number of ether oxygens (including phenoxy) is 1. The van der Waals surface area contributed by atoms with Crippen molar-refractivity contribution in [3.8, 4) is 11.1 Å². The van der Waals surface area contributed by atoms with E-state index in [1.165, 1.54) is 23.5 Å². The zero-order chi connectivity index (χ0) is 28.7. The van der Waals surface area contributed by atoms with Crippen LogP contribution in [0.2, 0.25) is 0 Å². The average Bonchev–Trinajstić information content (AvgIpc) is 3.65. The second-order valence-corrected chi connectivity index (χ2v) is 11.1. The van der Waals surface area contributed by atoms with Gasteiger partial charge in [-0.25, -0.2) is 18.6 Å². The van der Waals surface area contributed by atoms with E-state index < -0.39 is 23.8 Å². The summed E-state index contributed by atoms with van der Waals surface area (Å²) in [6.45, 7) is 2.39. The van der Waals surface area contributed by atoms with Crippen LogP contribution in [0.3, 0.4) is 0 Å². The molecule has 1 spiro atoms. The monoisotopic (exact) mass is 583 g/mol. The number of thiazole rings is 1. The number of carbonyl (C=O) groups excluding carboxylic acids is 1. The molecule has 2 aliphatic heterocycles. The highest BCUT2D eigenvalue weighted by atomic mass is 32.1. The highest BCUT2D eigenvalue weighted by Crippen LogP contribution is 2.37. The van der Waals surface area contributed by atoms with Crippen LogP contribution in [0.25, 0.3) is 21.3 Å². The second-order valence-electron chi connectivity index (χ2n) is 10.3. The number of halogens is 5. The van der Waals surface area contributed by atoms with Gasteiger partial charge >= 0.3 is 12.1 Å². The molecule has 0 bridgehead atoms. The number of benzene rings is 2. The van der Waals surface area contributed by atoms with Crippen molar-refractivity contribution < 1.29 is 41.4 Å². The number of nitrogens with zero attached hydrogens (tertiary/aromatic N) is 3. The first-order chi connectivity index (χ1) is 18.9. The molecule has 1 saturated carbocycles. The Hall–Kier alpha value is -3.16. The molecule has 3 aromatic rings. The molecule has 2 aromatic carbocycles. The summed E-state index contributed by atoms with van der Waals surface area (Å²) in [5.74, 6) is -3.72. The summed E-state index contributed by atoms with van der Waals surface area (Å²) in [6.07, 6.45) is -1.39. The van der Waals surface area contributed by atoms with Crippen molar-refractivity contribution in [3.05, 3.63) is 53.0 Å². The number of fused-ring (bicyclic) bond motifs is 1. The lowest BCUT2D eigenvalue weighted by molar-refractivity contribution is -0.192. The molecule has 3 aliphatic rings. The highest BCUT2D eigenvalue weighted by molar-refractivity contribution is 7.16. The molecule has 3 heterocycles. The fraction of sp³-hybridized carbons (Fsp3) is 0.444. The van der Waals surface area contributed by atoms with Crippen LogP contribution < -0.4 is 0 Å². The molecule has 0 unspecified atom stereocenters. The minimum Gasteiger partial charge on any atom is -0.475 e. The molecule has 1 aromatic heterocycles. The molecule has 0 radical (unpaired) electrons. The quantitative estimate of drug-likeness (QED) is 0.424. The maximum atomic E-state index is 15.0. The Morgan fingerprint density at radius 2 is 1.75 bits per heavy atom. The number of aromatic nitrogens is 1. The number of aliphatic carboxylic acids is 1. The Bertz CT molecular complexity index is 1390. The van der Waals surface area contributed by atoms with E-state index in [0.29, 0.717) is 31.2 Å². The van der Waals surface area contributed by atoms with Crippen molar-refractivity contribution in [2.45, 2.75) is 50.0 Å². The van der Waals surface area contributed by atoms with Gasteiger partial charge < -0.3 is 14.7 Å². The second kappa shape index (κ2) is 11.0. The van der Waals surface area contributed by atoms with E-state index in [1.807, 2.05) is 23.1 Å². The summed E-state index contributed by atoms with van der Waals surface area (Å²) in [5.41, 5.74) is 3.65. The summed E-state index contributed by atoms with van der Waals surface area (Å²) >= 11 is 1.54. The van der Waals surface area contributed by atoms with Gasteiger partial charge in [0, 0.05) is 31.2 Å². The predicted octanol–water partition coefficient (Wildman–Crippen LogP) is 5.23. The number of morpholine rings is 1. The third-order valence-electron chi connectivity index (χ3n) is 7.46. The zero-order valence-corrected chi connectivity index (χ0v) is 22.0. The van der Waals surface area contributed by atoms with Crippen LogP contribution in [0.4, 0.5) is 22.0 Å². The number of hydrogen-bond donors (Lipinski definition) is 1. The van der Waals surface area contributed by atoms with E-state index in [4.69, 9.17) is 14.6 Å². The lowest BCUT2D eigenvalue weighted by atomic mass is 9.89. The molecule has 2 saturated heterocycles. The van der Waals surface area contributed by atoms with Gasteiger partial charge in [0.15, 0.2) is 0 Å². The molecular weight excluding hydrogens is 557 g/mol. The summed E-state index contributed by atoms with van der Waals surface area (Å²) < 4.78 is 68.8. The van der Waals surface area contributed by atoms with E-state index >= 15 is 0 Å². The number of amides is 1. The van der Waals surface area contributed by atoms with Crippen LogP contribution in [0, 0.1) is 11.6 Å². The van der Waals surface area contributed by atoms with Gasteiger partial charge in [0.05, 0.1) is 27.9 Å². The standard InChI is InChI=1S/C25H25F2N3O2S.C2HF3O2/c26-20-9-17(16-1-4-23-22(11-16)28-15-33-23)10-21(27)19(20)12-29-7-5-25(6-8-29)14-30(18-2-3-18)24(31)13-32-25;3-2(4,5)1(6)7/h1,4,9-11,15,18H,2-3,5-8,12-14H2;(H,6,7). The molecule has 214 valence electrons. The number of carboxylic acid groups (broad SMARTS) is 1. The normalized spacial score (nSPS) is 19.5. The SMILES string of the molecule is O=C(O)C(F)(F)F.O=C1COC2(CCN(Cc3c(F)cc(-c4ccc5scnc5c4)cc3F)CC2)CN1C1CC1. The largest absolute Gasteiger partial charge is 0.490 e. The first-order valence-electron chi connectivity index (χ1n) is 12.7. The van der Waals surface area contributed by atoms with E-state index in [2.05, 4.69) is 9.88 Å². The van der Waals surface area contributed by atoms with Gasteiger partial charge in [-0.1, -0.05) is 6.07 Å². The Labute approximate surface area is 230 Å². The fourth-order valence-electron chi connectivity index (χ4n) is 5.06. The summed E-state index contributed by atoms with van der Waals surface area (Å²) in [7, 11) is 0. The first kappa shape index (κ1) is 28.4. The van der Waals surface area contributed by atoms with Gasteiger partial charge in [-0.2, -0.15) is 13.2 Å². The molecule has 7 nitrogen and oxygen atoms in total. The van der Waals surface area contributed by atoms with Gasteiger partial charge in [0.25, 0.3) is 0 Å². The predicted molar refractivity (Wildman–Crippen MR) is 137 cm³/mol. The number of carboxylic acids is 1. The Kier molecular flexibility index (Phi) is 7.81. The van der Waals surface area contributed by atoms with Crippen molar-refractivity contribution in [2.75, 3.05) is 26.2 Å². The Morgan fingerprint density at radius 3 is 2.35 bits per heavy atom. The molecule has 1 amide bonds. The van der Waals surface area contributed by atoms with Gasteiger partial charge in [-0.15, -0.1) is 11.3 Å². The smallest absolute Gasteiger partial charge is 0.475 e. The number of rotatable bonds is 4. The van der Waals surface area contributed by atoms with Gasteiger partial charge in [-0.3, -0.25) is 9.69 Å². The van der Waals surface area contributed by atoms with Crippen molar-refractivity contribution in [3.63, 3.8) is 0 Å². The van der Waals surface area contributed by atoms with Crippen LogP contribution in [-0.4, -0.2) is 75.8 Å². The highest BCUT2D eigenvalue weighted by Gasteiger charge is 2.46. The van der Waals surface area contributed by atoms with E-state index in [1.54, 1.807) is 5.51 Å². The number of piperidine rings is 1. The number of likely N-dealkylation sites (tertiary alicyclic amines) is 1. The topological polar surface area (TPSA) is 83.0 Å². The maximum absolute atomic E-state index is 15.0. The number of alkyl halides is 3. The van der Waals surface area contributed by atoms with Crippen molar-refractivity contribution in [2.24, 2.45) is 0 Å². The zero-order valence-electron chi connectivity index (χ0n) is 21.2. The number of carbonyl (C=O) groups is 2. The van der Waals surface area contributed by atoms with Crippen LogP contribution in [0.5, 0.6) is 0 Å². The van der Waals surface area contributed by atoms with Crippen LogP contribution in [0.1, 0.15) is 31.2 Å². The molecule has 0 atom stereocenters. The van der Waals surface area contributed by atoms with E-state index in [9.17, 15) is 26.7 Å². The lowest BCUT2D eigenvalue weighted by Gasteiger charge is -2.47. The van der Waals surface area contributed by atoms with Crippen LogP contribution in [-0.2, 0) is 20.9 Å². The first-order valence-corrected chi connectivity index (χ1v) is 13.6. The van der Waals surface area contributed by atoms with Crippen molar-refractivity contribution in [1.82, 2.24) is 14.8 Å². The number of hydrogen-bond acceptors (Lipinski definition) is 6. The summed E-state index contributed by atoms with van der Waals surface area (Å²) in [6, 6.07) is 8.89. The molecule has 6 rings (SSSR count). The van der Waals surface area contributed by atoms with Gasteiger partial charge in [0.1, 0.15) is 18.2 Å². The Morgan fingerprint density at radius 1 is 1.10 bits per heavy atom. The molecule has 1 aliphatic carbocycles. The molecular formula is C27H26F5N3O4S. The third-order valence-corrected chi connectivity index (χ3v) is 8.27. The molecule has 3 fully saturated rings. The van der Waals surface area contributed by atoms with Crippen molar-refractivity contribution in [1.29, 1.82) is 0 Å². The summed E-state index contributed by atoms with van der Waals surface area (Å²) in [5, 5.41) is 7.12. The van der Waals surface area contributed by atoms with Crippen LogP contribution in [0.15, 0.2) is 35.8 Å². The van der Waals surface area contributed by atoms with E-state index in [-0.39, 0.29) is 30.2 Å². The van der Waals surface area contributed by atoms with E-state index in [0.717, 1.165) is 41.5 Å². The fourth-order valence-corrected chi connectivity index (χ4v) is 5.72. The van der Waals surface area contributed by atoms with Gasteiger partial charge in [-0.05, 0) is 61.1 Å². The average molecular weight is 584 g/mol. The van der Waals surface area contributed by atoms with Crippen LogP contribution >= 0.6 is 11.3 Å². The summed E-state index contributed by atoms with van der Waals surface area (Å²) in [4.78, 5) is 29.4. The minimum absolute atomic E-state index is 0.0868. The lowest BCUT2D eigenvalue weighted by Crippen LogP contribution is -2.59. The molecule has 40 heavy (non-hydrogen) atoms.